The molecular formula is C11H19N5O3. The van der Waals surface area contributed by atoms with Gasteiger partial charge in [0.1, 0.15) is 6.54 Å². The first-order chi connectivity index (χ1) is 9.02. The van der Waals surface area contributed by atoms with Crippen LogP contribution in [-0.4, -0.2) is 31.6 Å². The van der Waals surface area contributed by atoms with E-state index in [-0.39, 0.29) is 18.5 Å². The molecule has 8 heteroatoms. The van der Waals surface area contributed by atoms with Gasteiger partial charge in [-0.05, 0) is 18.3 Å². The normalized spacial score (nSPS) is 12.1. The molecule has 0 radical (unpaired) electrons. The summed E-state index contributed by atoms with van der Waals surface area (Å²) in [6.45, 7) is 4.01. The molecule has 106 valence electrons. The largest absolute Gasteiger partial charge is 0.490 e. The maximum atomic E-state index is 11.7. The minimum absolute atomic E-state index is 0.0566. The summed E-state index contributed by atoms with van der Waals surface area (Å²) in [5, 5.41) is 16.8. The molecule has 0 saturated carbocycles. The van der Waals surface area contributed by atoms with Crippen molar-refractivity contribution < 1.29 is 9.72 Å². The van der Waals surface area contributed by atoms with E-state index < -0.39 is 10.9 Å². The molecule has 0 aliphatic carbocycles. The van der Waals surface area contributed by atoms with Crippen molar-refractivity contribution in [2.45, 2.75) is 52.1 Å². The SMILES string of the molecule is CCCCCC(C)NC(=O)Cn1cnc([N+](=O)[O-])n1. The zero-order valence-corrected chi connectivity index (χ0v) is 11.2. The maximum absolute atomic E-state index is 11.7. The van der Waals surface area contributed by atoms with E-state index in [4.69, 9.17) is 0 Å². The van der Waals surface area contributed by atoms with Crippen LogP contribution in [0.4, 0.5) is 5.95 Å². The van der Waals surface area contributed by atoms with Crippen LogP contribution >= 0.6 is 0 Å². The van der Waals surface area contributed by atoms with E-state index in [1.54, 1.807) is 0 Å². The number of rotatable bonds is 8. The molecule has 0 aliphatic rings. The van der Waals surface area contributed by atoms with Crippen LogP contribution in [0.3, 0.4) is 0 Å². The van der Waals surface area contributed by atoms with E-state index >= 15 is 0 Å². The van der Waals surface area contributed by atoms with E-state index in [2.05, 4.69) is 22.3 Å². The van der Waals surface area contributed by atoms with Gasteiger partial charge in [0.15, 0.2) is 0 Å². The summed E-state index contributed by atoms with van der Waals surface area (Å²) in [5.74, 6) is -0.715. The molecule has 1 unspecified atom stereocenters. The fraction of sp³-hybridized carbons (Fsp3) is 0.727. The summed E-state index contributed by atoms with van der Waals surface area (Å²) in [4.78, 5) is 24.8. The first-order valence-electron chi connectivity index (χ1n) is 6.36. The van der Waals surface area contributed by atoms with Crippen molar-refractivity contribution in [2.24, 2.45) is 0 Å². The number of nitrogens with zero attached hydrogens (tertiary/aromatic N) is 4. The van der Waals surface area contributed by atoms with Gasteiger partial charge in [-0.25, -0.2) is 0 Å². The molecule has 1 heterocycles. The van der Waals surface area contributed by atoms with Crippen LogP contribution in [-0.2, 0) is 11.3 Å². The average Bonchev–Trinajstić information content (AvgIpc) is 2.77. The van der Waals surface area contributed by atoms with Gasteiger partial charge in [-0.2, -0.15) is 4.68 Å². The number of hydrogen-bond donors (Lipinski definition) is 1. The fourth-order valence-electron chi connectivity index (χ4n) is 1.68. The summed E-state index contributed by atoms with van der Waals surface area (Å²) in [5.41, 5.74) is 0. The first-order valence-corrected chi connectivity index (χ1v) is 6.36. The topological polar surface area (TPSA) is 103 Å². The van der Waals surface area contributed by atoms with E-state index in [0.717, 1.165) is 30.4 Å². The Kier molecular flexibility index (Phi) is 5.91. The number of carbonyl (C=O) groups is 1. The molecule has 0 bridgehead atoms. The molecule has 1 atom stereocenters. The minimum Gasteiger partial charge on any atom is -0.390 e. The van der Waals surface area contributed by atoms with Crippen LogP contribution in [0.5, 0.6) is 0 Å². The monoisotopic (exact) mass is 269 g/mol. The van der Waals surface area contributed by atoms with Gasteiger partial charge in [-0.15, -0.1) is 0 Å². The summed E-state index contributed by atoms with van der Waals surface area (Å²) in [6, 6.07) is 0.0950. The average molecular weight is 269 g/mol. The zero-order valence-electron chi connectivity index (χ0n) is 11.2. The third-order valence-electron chi connectivity index (χ3n) is 2.64. The number of nitro groups is 1. The highest BCUT2D eigenvalue weighted by molar-refractivity contribution is 5.75. The van der Waals surface area contributed by atoms with Gasteiger partial charge in [0.25, 0.3) is 0 Å². The number of amides is 1. The lowest BCUT2D eigenvalue weighted by Crippen LogP contribution is -2.35. The Hall–Kier alpha value is -1.99. The standard InChI is InChI=1S/C11H19N5O3/c1-3-4-5-6-9(2)13-10(17)7-15-8-12-11(14-15)16(18)19/h8-9H,3-7H2,1-2H3,(H,13,17). The minimum atomic E-state index is -0.693. The molecule has 0 fully saturated rings. The van der Waals surface area contributed by atoms with E-state index in [9.17, 15) is 14.9 Å². The van der Waals surface area contributed by atoms with Crippen molar-refractivity contribution in [3.05, 3.63) is 16.4 Å². The third kappa shape index (κ3) is 5.45. The highest BCUT2D eigenvalue weighted by Gasteiger charge is 2.15. The predicted octanol–water partition coefficient (Wildman–Crippen LogP) is 1.27. The molecule has 1 aromatic rings. The second kappa shape index (κ2) is 7.45. The quantitative estimate of drug-likeness (QED) is 0.435. The van der Waals surface area contributed by atoms with Gasteiger partial charge in [0.2, 0.25) is 12.2 Å². The highest BCUT2D eigenvalue weighted by Crippen LogP contribution is 2.03. The Balaban J connectivity index is 2.35. The molecule has 1 N–H and O–H groups in total. The lowest BCUT2D eigenvalue weighted by atomic mass is 10.1. The molecule has 8 nitrogen and oxygen atoms in total. The lowest BCUT2D eigenvalue weighted by Gasteiger charge is -2.12. The van der Waals surface area contributed by atoms with E-state index in [0.29, 0.717) is 0 Å². The third-order valence-corrected chi connectivity index (χ3v) is 2.64. The fourth-order valence-corrected chi connectivity index (χ4v) is 1.68. The van der Waals surface area contributed by atoms with Crippen LogP contribution in [0.1, 0.15) is 39.5 Å². The van der Waals surface area contributed by atoms with Crippen molar-refractivity contribution in [2.75, 3.05) is 0 Å². The number of nitrogens with one attached hydrogen (secondary N) is 1. The van der Waals surface area contributed by atoms with E-state index in [1.165, 1.54) is 6.33 Å². The number of hydrogen-bond acceptors (Lipinski definition) is 5. The second-order valence-corrected chi connectivity index (χ2v) is 4.46. The van der Waals surface area contributed by atoms with Crippen LogP contribution in [0.25, 0.3) is 0 Å². The first kappa shape index (κ1) is 15.1. The Morgan fingerprint density at radius 1 is 1.58 bits per heavy atom. The summed E-state index contributed by atoms with van der Waals surface area (Å²) in [6.07, 6.45) is 5.47. The second-order valence-electron chi connectivity index (χ2n) is 4.46. The summed E-state index contributed by atoms with van der Waals surface area (Å²) >= 11 is 0. The molecule has 0 aliphatic heterocycles. The molecule has 1 aromatic heterocycles. The van der Waals surface area contributed by atoms with Gasteiger partial charge < -0.3 is 15.4 Å². The summed E-state index contributed by atoms with van der Waals surface area (Å²) in [7, 11) is 0. The predicted molar refractivity (Wildman–Crippen MR) is 68.4 cm³/mol. The van der Waals surface area contributed by atoms with Crippen molar-refractivity contribution in [1.82, 2.24) is 20.1 Å². The summed E-state index contributed by atoms with van der Waals surface area (Å²) < 4.78 is 1.16. The molecule has 0 aromatic carbocycles. The van der Waals surface area contributed by atoms with Crippen LogP contribution in [0.15, 0.2) is 6.33 Å². The Morgan fingerprint density at radius 3 is 2.89 bits per heavy atom. The van der Waals surface area contributed by atoms with Crippen molar-refractivity contribution in [1.29, 1.82) is 0 Å². The maximum Gasteiger partial charge on any atom is 0.490 e. The van der Waals surface area contributed by atoms with Crippen LogP contribution in [0.2, 0.25) is 0 Å². The molecule has 0 saturated heterocycles. The van der Waals surface area contributed by atoms with Gasteiger partial charge in [0.05, 0.1) is 0 Å². The van der Waals surface area contributed by atoms with Gasteiger partial charge >= 0.3 is 5.95 Å². The molecule has 1 rings (SSSR count). The smallest absolute Gasteiger partial charge is 0.390 e. The van der Waals surface area contributed by atoms with Crippen molar-refractivity contribution >= 4 is 11.9 Å². The Bertz CT molecular complexity index is 432. The Morgan fingerprint density at radius 2 is 2.32 bits per heavy atom. The Labute approximate surface area is 111 Å². The molecular weight excluding hydrogens is 250 g/mol. The lowest BCUT2D eigenvalue weighted by molar-refractivity contribution is -0.394. The van der Waals surface area contributed by atoms with Crippen molar-refractivity contribution in [3.8, 4) is 0 Å². The van der Waals surface area contributed by atoms with Crippen LogP contribution < -0.4 is 5.32 Å². The molecule has 0 spiro atoms. The number of aromatic nitrogens is 3. The number of unbranched alkanes of at least 4 members (excludes halogenated alkanes) is 2. The molecule has 19 heavy (non-hydrogen) atoms. The van der Waals surface area contributed by atoms with E-state index in [1.807, 2.05) is 6.92 Å². The highest BCUT2D eigenvalue weighted by atomic mass is 16.6. The van der Waals surface area contributed by atoms with Gasteiger partial charge in [-0.1, -0.05) is 31.2 Å². The molecule has 1 amide bonds. The van der Waals surface area contributed by atoms with Crippen LogP contribution in [0, 0.1) is 10.1 Å². The van der Waals surface area contributed by atoms with Gasteiger partial charge in [0, 0.05) is 11.1 Å². The van der Waals surface area contributed by atoms with Crippen molar-refractivity contribution in [3.63, 3.8) is 0 Å². The van der Waals surface area contributed by atoms with Gasteiger partial charge in [-0.3, -0.25) is 4.79 Å². The zero-order chi connectivity index (χ0) is 14.3. The number of carbonyl (C=O) groups excluding carboxylic acids is 1.